The van der Waals surface area contributed by atoms with Crippen molar-refractivity contribution in [2.45, 2.75) is 17.4 Å². The molecule has 0 fully saturated rings. The number of benzene rings is 1. The fourth-order valence-electron chi connectivity index (χ4n) is 2.13. The summed E-state index contributed by atoms with van der Waals surface area (Å²) in [5.74, 6) is 0.681. The SMILES string of the molecule is OC(COc1ccc(Cl)cc1)CSc1nnc2c(Cl)cc(C(F)(F)F)cn12. The minimum Gasteiger partial charge on any atom is -0.491 e. The van der Waals surface area contributed by atoms with Crippen LogP contribution >= 0.6 is 35.0 Å². The summed E-state index contributed by atoms with van der Waals surface area (Å²) in [6.45, 7) is -0.0000734. The van der Waals surface area contributed by atoms with Crippen molar-refractivity contribution in [2.75, 3.05) is 12.4 Å². The molecule has 0 aliphatic rings. The molecule has 1 unspecified atom stereocenters. The highest BCUT2D eigenvalue weighted by atomic mass is 35.5. The predicted octanol–water partition coefficient (Wildman–Crippen LogP) is 4.59. The van der Waals surface area contributed by atoms with Gasteiger partial charge < -0.3 is 9.84 Å². The maximum atomic E-state index is 12.9. The van der Waals surface area contributed by atoms with Crippen molar-refractivity contribution in [3.63, 3.8) is 0 Å². The molecule has 0 radical (unpaired) electrons. The number of aliphatic hydroxyl groups is 1. The van der Waals surface area contributed by atoms with Crippen LogP contribution in [-0.4, -0.2) is 38.2 Å². The van der Waals surface area contributed by atoms with Gasteiger partial charge >= 0.3 is 6.18 Å². The van der Waals surface area contributed by atoms with Crippen LogP contribution in [0, 0.1) is 0 Å². The van der Waals surface area contributed by atoms with Gasteiger partial charge in [0, 0.05) is 17.0 Å². The lowest BCUT2D eigenvalue weighted by atomic mass is 10.3. The number of rotatable bonds is 6. The lowest BCUT2D eigenvalue weighted by Crippen LogP contribution is -2.20. The molecular weight excluding hydrogens is 426 g/mol. The predicted molar refractivity (Wildman–Crippen MR) is 96.7 cm³/mol. The molecule has 0 saturated carbocycles. The van der Waals surface area contributed by atoms with E-state index in [1.807, 2.05) is 0 Å². The van der Waals surface area contributed by atoms with E-state index in [9.17, 15) is 18.3 Å². The Bertz CT molecular complexity index is 935. The zero-order valence-corrected chi connectivity index (χ0v) is 15.8. The third kappa shape index (κ3) is 4.98. The molecule has 0 aliphatic carbocycles. The van der Waals surface area contributed by atoms with Crippen molar-refractivity contribution < 1.29 is 23.0 Å². The minimum atomic E-state index is -4.55. The molecule has 144 valence electrons. The fraction of sp³-hybridized carbons (Fsp3) is 0.250. The molecule has 0 bridgehead atoms. The quantitative estimate of drug-likeness (QED) is 0.571. The van der Waals surface area contributed by atoms with Crippen molar-refractivity contribution in [3.8, 4) is 5.75 Å². The normalized spacial score (nSPS) is 13.1. The van der Waals surface area contributed by atoms with E-state index < -0.39 is 17.8 Å². The van der Waals surface area contributed by atoms with Crippen molar-refractivity contribution in [1.29, 1.82) is 0 Å². The van der Waals surface area contributed by atoms with Crippen LogP contribution in [0.4, 0.5) is 13.2 Å². The molecule has 1 atom stereocenters. The lowest BCUT2D eigenvalue weighted by molar-refractivity contribution is -0.137. The molecule has 11 heteroatoms. The van der Waals surface area contributed by atoms with E-state index in [0.717, 1.165) is 28.4 Å². The Morgan fingerprint density at radius 2 is 1.89 bits per heavy atom. The first-order valence-electron chi connectivity index (χ1n) is 7.55. The van der Waals surface area contributed by atoms with Gasteiger partial charge in [-0.1, -0.05) is 35.0 Å². The van der Waals surface area contributed by atoms with Gasteiger partial charge in [-0.3, -0.25) is 4.40 Å². The number of aliphatic hydroxyl groups excluding tert-OH is 1. The highest BCUT2D eigenvalue weighted by Crippen LogP contribution is 2.33. The Labute approximate surface area is 166 Å². The van der Waals surface area contributed by atoms with Crippen LogP contribution in [0.1, 0.15) is 5.56 Å². The second-order valence-corrected chi connectivity index (χ2v) is 7.31. The molecule has 1 aromatic carbocycles. The summed E-state index contributed by atoms with van der Waals surface area (Å²) in [6, 6.07) is 7.43. The molecule has 3 aromatic rings. The van der Waals surface area contributed by atoms with Crippen molar-refractivity contribution in [3.05, 3.63) is 52.1 Å². The summed E-state index contributed by atoms with van der Waals surface area (Å²) >= 11 is 12.7. The number of nitrogens with zero attached hydrogens (tertiary/aromatic N) is 3. The van der Waals surface area contributed by atoms with Crippen LogP contribution in [0.2, 0.25) is 10.0 Å². The van der Waals surface area contributed by atoms with Crippen molar-refractivity contribution in [1.82, 2.24) is 14.6 Å². The number of hydrogen-bond donors (Lipinski definition) is 1. The van der Waals surface area contributed by atoms with Gasteiger partial charge in [-0.2, -0.15) is 13.2 Å². The lowest BCUT2D eigenvalue weighted by Gasteiger charge is -2.12. The number of hydrogen-bond acceptors (Lipinski definition) is 5. The molecule has 0 aliphatic heterocycles. The molecule has 0 saturated heterocycles. The van der Waals surface area contributed by atoms with E-state index in [-0.39, 0.29) is 28.2 Å². The molecule has 2 heterocycles. The summed E-state index contributed by atoms with van der Waals surface area (Å²) in [6.07, 6.45) is -4.55. The van der Waals surface area contributed by atoms with Gasteiger partial charge in [-0.15, -0.1) is 10.2 Å². The maximum absolute atomic E-state index is 12.9. The van der Waals surface area contributed by atoms with E-state index in [4.69, 9.17) is 27.9 Å². The van der Waals surface area contributed by atoms with E-state index in [2.05, 4.69) is 10.2 Å². The first-order chi connectivity index (χ1) is 12.7. The number of alkyl halides is 3. The molecule has 0 amide bonds. The highest BCUT2D eigenvalue weighted by Gasteiger charge is 2.32. The first kappa shape index (κ1) is 20.1. The summed E-state index contributed by atoms with van der Waals surface area (Å²) in [4.78, 5) is 0. The monoisotopic (exact) mass is 437 g/mol. The third-order valence-corrected chi connectivity index (χ3v) is 5.03. The maximum Gasteiger partial charge on any atom is 0.417 e. The molecule has 1 N–H and O–H groups in total. The highest BCUT2D eigenvalue weighted by molar-refractivity contribution is 7.99. The summed E-state index contributed by atoms with van der Waals surface area (Å²) in [5, 5.41) is 18.3. The number of halogens is 5. The van der Waals surface area contributed by atoms with Crippen LogP contribution in [0.3, 0.4) is 0 Å². The topological polar surface area (TPSA) is 59.7 Å². The Morgan fingerprint density at radius 3 is 2.56 bits per heavy atom. The summed E-state index contributed by atoms with van der Waals surface area (Å²) in [5.41, 5.74) is -0.799. The van der Waals surface area contributed by atoms with E-state index in [0.29, 0.717) is 10.8 Å². The number of fused-ring (bicyclic) bond motifs is 1. The van der Waals surface area contributed by atoms with Crippen LogP contribution in [0.15, 0.2) is 41.7 Å². The number of pyridine rings is 1. The molecule has 5 nitrogen and oxygen atoms in total. The van der Waals surface area contributed by atoms with Gasteiger partial charge in [-0.05, 0) is 30.3 Å². The van der Waals surface area contributed by atoms with Gasteiger partial charge in [0.15, 0.2) is 10.8 Å². The Balaban J connectivity index is 1.65. The van der Waals surface area contributed by atoms with E-state index >= 15 is 0 Å². The van der Waals surface area contributed by atoms with E-state index in [1.165, 1.54) is 0 Å². The zero-order valence-electron chi connectivity index (χ0n) is 13.5. The molecule has 2 aromatic heterocycles. The average molecular weight is 438 g/mol. The fourth-order valence-corrected chi connectivity index (χ4v) is 3.32. The number of ether oxygens (including phenoxy) is 1. The van der Waals surface area contributed by atoms with Crippen molar-refractivity contribution >= 4 is 40.6 Å². The first-order valence-corrected chi connectivity index (χ1v) is 9.29. The van der Waals surface area contributed by atoms with Gasteiger partial charge in [-0.25, -0.2) is 0 Å². The van der Waals surface area contributed by atoms with E-state index in [1.54, 1.807) is 24.3 Å². The Kier molecular flexibility index (Phi) is 6.05. The van der Waals surface area contributed by atoms with Crippen molar-refractivity contribution in [2.24, 2.45) is 0 Å². The molecule has 0 spiro atoms. The van der Waals surface area contributed by atoms with Gasteiger partial charge in [0.05, 0.1) is 16.7 Å². The van der Waals surface area contributed by atoms with Gasteiger partial charge in [0.1, 0.15) is 12.4 Å². The van der Waals surface area contributed by atoms with Crippen LogP contribution < -0.4 is 4.74 Å². The van der Waals surface area contributed by atoms with Crippen LogP contribution in [0.5, 0.6) is 5.75 Å². The van der Waals surface area contributed by atoms with Gasteiger partial charge in [0.25, 0.3) is 0 Å². The third-order valence-electron chi connectivity index (χ3n) is 3.42. The summed E-state index contributed by atoms with van der Waals surface area (Å²) < 4.78 is 45.4. The Hall–Kier alpha value is -1.68. The smallest absolute Gasteiger partial charge is 0.417 e. The Morgan fingerprint density at radius 1 is 1.19 bits per heavy atom. The molecule has 3 rings (SSSR count). The average Bonchev–Trinajstić information content (AvgIpc) is 3.02. The van der Waals surface area contributed by atoms with Crippen LogP contribution in [-0.2, 0) is 6.18 Å². The minimum absolute atomic E-state index is 0.0000734. The second-order valence-electron chi connectivity index (χ2n) is 5.48. The molecule has 27 heavy (non-hydrogen) atoms. The summed E-state index contributed by atoms with van der Waals surface area (Å²) in [7, 11) is 0. The largest absolute Gasteiger partial charge is 0.491 e. The second kappa shape index (κ2) is 8.14. The zero-order chi connectivity index (χ0) is 19.6. The number of thioether (sulfide) groups is 1. The van der Waals surface area contributed by atoms with Crippen LogP contribution in [0.25, 0.3) is 5.65 Å². The number of aromatic nitrogens is 3. The van der Waals surface area contributed by atoms with Gasteiger partial charge in [0.2, 0.25) is 0 Å². The molecular formula is C16H12Cl2F3N3O2S. The standard InChI is InChI=1S/C16H12Cl2F3N3O2S/c17-10-1-3-12(4-2-10)26-7-11(25)8-27-15-23-22-14-13(18)5-9(6-24(14)15)16(19,20)21/h1-6,11,25H,7-8H2.